The Kier molecular flexibility index (Phi) is 6.83. The highest BCUT2D eigenvalue weighted by molar-refractivity contribution is 7.11. The molecule has 26 heavy (non-hydrogen) atoms. The number of nitrogens with one attached hydrogen (secondary N) is 1. The highest BCUT2D eigenvalue weighted by Crippen LogP contribution is 2.29. The summed E-state index contributed by atoms with van der Waals surface area (Å²) < 4.78 is 5.34. The van der Waals surface area contributed by atoms with Crippen molar-refractivity contribution in [2.75, 3.05) is 13.6 Å². The fourth-order valence-corrected chi connectivity index (χ4v) is 4.05. The number of rotatable bonds is 6. The summed E-state index contributed by atoms with van der Waals surface area (Å²) in [5, 5.41) is 7.12. The molecule has 0 aliphatic carbocycles. The molecule has 2 heterocycles. The SMILES string of the molecule is C[C@@H](CN(C)C(=O)OC(C)(C)C)C(=O)NC(c1cccs1)c1cccs1. The molecule has 2 aromatic rings. The van der Waals surface area contributed by atoms with Gasteiger partial charge in [0.05, 0.1) is 12.0 Å². The Morgan fingerprint density at radius 1 is 1.15 bits per heavy atom. The Labute approximate surface area is 163 Å². The number of thiophene rings is 2. The van der Waals surface area contributed by atoms with Crippen molar-refractivity contribution in [1.82, 2.24) is 10.2 Å². The van der Waals surface area contributed by atoms with Crippen LogP contribution in [0.3, 0.4) is 0 Å². The van der Waals surface area contributed by atoms with Crippen LogP contribution in [0.1, 0.15) is 43.5 Å². The first-order chi connectivity index (χ1) is 12.2. The van der Waals surface area contributed by atoms with Crippen molar-refractivity contribution < 1.29 is 14.3 Å². The minimum Gasteiger partial charge on any atom is -0.444 e. The highest BCUT2D eigenvalue weighted by atomic mass is 32.1. The molecule has 7 heteroatoms. The molecular formula is C19H26N2O3S2. The lowest BCUT2D eigenvalue weighted by molar-refractivity contribution is -0.125. The van der Waals surface area contributed by atoms with Crippen molar-refractivity contribution >= 4 is 34.7 Å². The van der Waals surface area contributed by atoms with Crippen LogP contribution in [0.4, 0.5) is 4.79 Å². The molecule has 0 unspecified atom stereocenters. The summed E-state index contributed by atoms with van der Waals surface area (Å²) in [6.45, 7) is 7.57. The second-order valence-corrected chi connectivity index (χ2v) is 9.19. The van der Waals surface area contributed by atoms with Crippen LogP contribution >= 0.6 is 22.7 Å². The topological polar surface area (TPSA) is 58.6 Å². The second kappa shape index (κ2) is 8.68. The molecule has 2 amide bonds. The molecular weight excluding hydrogens is 368 g/mol. The molecule has 0 bridgehead atoms. The van der Waals surface area contributed by atoms with Gasteiger partial charge >= 0.3 is 6.09 Å². The van der Waals surface area contributed by atoms with E-state index >= 15 is 0 Å². The molecule has 0 fully saturated rings. The van der Waals surface area contributed by atoms with Crippen molar-refractivity contribution in [3.63, 3.8) is 0 Å². The van der Waals surface area contributed by atoms with Gasteiger partial charge in [-0.3, -0.25) is 4.79 Å². The predicted molar refractivity (Wildman–Crippen MR) is 107 cm³/mol. The standard InChI is InChI=1S/C19H26N2O3S2/c1-13(12-21(5)18(23)24-19(2,3)4)17(22)20-16(14-8-6-10-25-14)15-9-7-11-26-15/h6-11,13,16H,12H2,1-5H3,(H,20,22)/t13-/m0/s1. The van der Waals surface area contributed by atoms with E-state index in [1.807, 2.05) is 62.7 Å². The van der Waals surface area contributed by atoms with Gasteiger partial charge in [0.2, 0.25) is 5.91 Å². The summed E-state index contributed by atoms with van der Waals surface area (Å²) in [7, 11) is 1.65. The van der Waals surface area contributed by atoms with E-state index in [4.69, 9.17) is 4.74 Å². The number of ether oxygens (including phenoxy) is 1. The molecule has 0 aliphatic rings. The van der Waals surface area contributed by atoms with E-state index < -0.39 is 11.7 Å². The lowest BCUT2D eigenvalue weighted by atomic mass is 10.1. The van der Waals surface area contributed by atoms with Gasteiger partial charge in [0.1, 0.15) is 5.60 Å². The molecule has 0 spiro atoms. The zero-order valence-electron chi connectivity index (χ0n) is 15.8. The molecule has 2 aromatic heterocycles. The van der Waals surface area contributed by atoms with Crippen molar-refractivity contribution in [3.05, 3.63) is 44.8 Å². The van der Waals surface area contributed by atoms with Gasteiger partial charge in [-0.25, -0.2) is 4.79 Å². The fraction of sp³-hybridized carbons (Fsp3) is 0.474. The molecule has 0 saturated carbocycles. The molecule has 1 N–H and O–H groups in total. The third-order valence-corrected chi connectivity index (χ3v) is 5.52. The van der Waals surface area contributed by atoms with E-state index in [0.717, 1.165) is 9.75 Å². The molecule has 5 nitrogen and oxygen atoms in total. The van der Waals surface area contributed by atoms with Crippen LogP contribution in [0.15, 0.2) is 35.0 Å². The summed E-state index contributed by atoms with van der Waals surface area (Å²) in [5.41, 5.74) is -0.555. The van der Waals surface area contributed by atoms with Crippen molar-refractivity contribution in [2.24, 2.45) is 5.92 Å². The summed E-state index contributed by atoms with van der Waals surface area (Å²) in [6.07, 6.45) is -0.426. The maximum atomic E-state index is 12.7. The first kappa shape index (κ1) is 20.5. The molecule has 142 valence electrons. The van der Waals surface area contributed by atoms with Gasteiger partial charge in [-0.1, -0.05) is 19.1 Å². The largest absolute Gasteiger partial charge is 0.444 e. The molecule has 0 aliphatic heterocycles. The normalized spacial score (nSPS) is 12.7. The Balaban J connectivity index is 1.99. The maximum absolute atomic E-state index is 12.7. The number of hydrogen-bond acceptors (Lipinski definition) is 5. The number of hydrogen-bond donors (Lipinski definition) is 1. The number of carbonyl (C=O) groups excluding carboxylic acids is 2. The van der Waals surface area contributed by atoms with Crippen LogP contribution in [-0.4, -0.2) is 36.1 Å². The summed E-state index contributed by atoms with van der Waals surface area (Å²) >= 11 is 3.23. The molecule has 2 rings (SSSR count). The van der Waals surface area contributed by atoms with Gasteiger partial charge in [0.25, 0.3) is 0 Å². The first-order valence-electron chi connectivity index (χ1n) is 8.48. The Bertz CT molecular complexity index is 671. The van der Waals surface area contributed by atoms with Crippen LogP contribution in [0.25, 0.3) is 0 Å². The van der Waals surface area contributed by atoms with Gasteiger partial charge in [0, 0.05) is 23.3 Å². The zero-order valence-corrected chi connectivity index (χ0v) is 17.4. The number of amides is 2. The van der Waals surface area contributed by atoms with Crippen LogP contribution in [0.5, 0.6) is 0 Å². The minimum absolute atomic E-state index is 0.0905. The van der Waals surface area contributed by atoms with E-state index in [1.165, 1.54) is 4.90 Å². The van der Waals surface area contributed by atoms with Crippen LogP contribution in [-0.2, 0) is 9.53 Å². The van der Waals surface area contributed by atoms with E-state index in [9.17, 15) is 9.59 Å². The van der Waals surface area contributed by atoms with Gasteiger partial charge < -0.3 is 15.0 Å². The zero-order chi connectivity index (χ0) is 19.3. The average Bonchev–Trinajstić information content (AvgIpc) is 3.24. The number of nitrogens with zero attached hydrogens (tertiary/aromatic N) is 1. The molecule has 0 aromatic carbocycles. The summed E-state index contributed by atoms with van der Waals surface area (Å²) in [4.78, 5) is 28.4. The third kappa shape index (κ3) is 5.85. The smallest absolute Gasteiger partial charge is 0.410 e. The maximum Gasteiger partial charge on any atom is 0.410 e. The Hall–Kier alpha value is -1.86. The van der Waals surface area contributed by atoms with Crippen LogP contribution in [0, 0.1) is 5.92 Å². The van der Waals surface area contributed by atoms with Crippen LogP contribution in [0.2, 0.25) is 0 Å². The first-order valence-corrected chi connectivity index (χ1v) is 10.2. The van der Waals surface area contributed by atoms with Gasteiger partial charge in [0.15, 0.2) is 0 Å². The van der Waals surface area contributed by atoms with Crippen LogP contribution < -0.4 is 5.32 Å². The molecule has 0 radical (unpaired) electrons. The number of carbonyl (C=O) groups is 2. The van der Waals surface area contributed by atoms with Gasteiger partial charge in [-0.2, -0.15) is 0 Å². The lowest BCUT2D eigenvalue weighted by Crippen LogP contribution is -2.41. The van der Waals surface area contributed by atoms with Crippen molar-refractivity contribution in [1.29, 1.82) is 0 Å². The quantitative estimate of drug-likeness (QED) is 0.784. The van der Waals surface area contributed by atoms with Crippen molar-refractivity contribution in [3.8, 4) is 0 Å². The second-order valence-electron chi connectivity index (χ2n) is 7.23. The molecule has 1 atom stereocenters. The van der Waals surface area contributed by atoms with Crippen molar-refractivity contribution in [2.45, 2.75) is 39.3 Å². The van der Waals surface area contributed by atoms with E-state index in [1.54, 1.807) is 29.7 Å². The summed E-state index contributed by atoms with van der Waals surface area (Å²) in [5.74, 6) is -0.442. The Morgan fingerprint density at radius 3 is 2.12 bits per heavy atom. The Morgan fingerprint density at radius 2 is 1.69 bits per heavy atom. The van der Waals surface area contributed by atoms with E-state index in [0.29, 0.717) is 6.54 Å². The average molecular weight is 395 g/mol. The fourth-order valence-electron chi connectivity index (χ4n) is 2.39. The monoisotopic (exact) mass is 394 g/mol. The van der Waals surface area contributed by atoms with E-state index in [2.05, 4.69) is 5.32 Å². The van der Waals surface area contributed by atoms with Gasteiger partial charge in [-0.15, -0.1) is 22.7 Å². The predicted octanol–water partition coefficient (Wildman–Crippen LogP) is 4.52. The third-order valence-electron chi connectivity index (χ3n) is 3.64. The molecule has 0 saturated heterocycles. The van der Waals surface area contributed by atoms with E-state index in [-0.39, 0.29) is 17.9 Å². The lowest BCUT2D eigenvalue weighted by Gasteiger charge is -2.27. The van der Waals surface area contributed by atoms with Gasteiger partial charge in [-0.05, 0) is 43.7 Å². The highest BCUT2D eigenvalue weighted by Gasteiger charge is 2.25. The minimum atomic E-state index is -0.555. The summed E-state index contributed by atoms with van der Waals surface area (Å²) in [6, 6.07) is 7.84.